The number of carbonyl (C=O) groups is 3. The number of benzene rings is 9. The van der Waals surface area contributed by atoms with Crippen molar-refractivity contribution in [2.75, 3.05) is 16.0 Å². The number of ether oxygens (including phenoxy) is 3. The number of alkyl halides is 9. The van der Waals surface area contributed by atoms with E-state index in [-0.39, 0.29) is 72.5 Å². The molecule has 0 radical (unpaired) electrons. The number of amides is 3. The molecule has 0 fully saturated rings. The monoisotopic (exact) mass is 1440 g/mol. The van der Waals surface area contributed by atoms with Crippen molar-refractivity contribution in [2.45, 2.75) is 18.5 Å². The molecule has 3 amide bonds. The Hall–Kier alpha value is -10.9. The van der Waals surface area contributed by atoms with E-state index in [2.05, 4.69) is 45.9 Å². The average Bonchev–Trinajstić information content (AvgIpc) is 0.818. The van der Waals surface area contributed by atoms with Crippen LogP contribution in [0.1, 0.15) is 47.8 Å². The van der Waals surface area contributed by atoms with Gasteiger partial charge in [0.15, 0.2) is 34.7 Å². The van der Waals surface area contributed by atoms with Gasteiger partial charge < -0.3 is 30.2 Å². The molecule has 12 rings (SSSR count). The minimum absolute atomic E-state index is 0.0361. The number of hydrogen-bond acceptors (Lipinski definition) is 12. The Morgan fingerprint density at radius 2 is 0.755 bits per heavy atom. The minimum atomic E-state index is -4.78. The second kappa shape index (κ2) is 29.2. The molecule has 98 heavy (non-hydrogen) atoms. The standard InChI is InChI=1S/C22H11Cl2F4N3O2.C22H11ClF5N3O2.C22H12ClF4N3O2/c23-14-3-1-11(9-13(14)22(26,27)28)21(32)31-17-6-4-15(25)20(19(17)24)33-12-2-5-16-18(10-12)30-8-7-29-16;23-15-3-1-11(7-14(15)22(26,27)28)21(32)31-12-8-16(24)20(25)19(9-12)33-13-2-4-17-18(10-13)30-6-5-29-17;23-19-17(30-21(31)12-2-1-3-13(10-12)22(25,26)27)7-5-15(24)20(19)32-14-4-6-16-18(11-14)29-9-8-28-16/h2*1-10H,(H,31,32);1-11H,(H,30,31). The number of aromatic nitrogens is 6. The molecule has 0 atom stereocenters. The molecule has 3 heterocycles. The fraction of sp³-hybridized carbons (Fsp3) is 0.0455. The Bertz CT molecular complexity index is 5080. The topological polar surface area (TPSA) is 192 Å². The van der Waals surface area contributed by atoms with Crippen LogP contribution in [0.4, 0.5) is 74.1 Å². The summed E-state index contributed by atoms with van der Waals surface area (Å²) in [6.07, 6.45) is -5.17. The van der Waals surface area contributed by atoms with Gasteiger partial charge in [-0.1, -0.05) is 52.5 Å². The molecule has 0 bridgehead atoms. The van der Waals surface area contributed by atoms with Crippen LogP contribution >= 0.6 is 46.4 Å². The Labute approximate surface area is 561 Å². The van der Waals surface area contributed by atoms with Crippen LogP contribution in [-0.4, -0.2) is 47.6 Å². The highest BCUT2D eigenvalue weighted by molar-refractivity contribution is 6.36. The van der Waals surface area contributed by atoms with Crippen molar-refractivity contribution >= 4 is 114 Å². The lowest BCUT2D eigenvalue weighted by Gasteiger charge is -2.14. The molecular weight excluding hydrogens is 1400 g/mol. The zero-order valence-corrected chi connectivity index (χ0v) is 51.5. The number of carbonyl (C=O) groups excluding carboxylic acids is 3. The van der Waals surface area contributed by atoms with Gasteiger partial charge in [0.25, 0.3) is 17.7 Å². The van der Waals surface area contributed by atoms with Crippen molar-refractivity contribution in [1.29, 1.82) is 0 Å². The van der Waals surface area contributed by atoms with Crippen molar-refractivity contribution in [2.24, 2.45) is 0 Å². The Morgan fingerprint density at radius 3 is 1.16 bits per heavy atom. The highest BCUT2D eigenvalue weighted by atomic mass is 35.5. The number of anilines is 3. The van der Waals surface area contributed by atoms with Gasteiger partial charge in [0.1, 0.15) is 27.3 Å². The summed E-state index contributed by atoms with van der Waals surface area (Å²) in [6.45, 7) is 0. The third-order valence-electron chi connectivity index (χ3n) is 13.4. The Balaban J connectivity index is 0.000000159. The zero-order chi connectivity index (χ0) is 70.4. The lowest BCUT2D eigenvalue weighted by atomic mass is 10.1. The molecular formula is C66H34Cl4F13N9O6. The van der Waals surface area contributed by atoms with Crippen LogP contribution in [-0.2, 0) is 18.5 Å². The Kier molecular flexibility index (Phi) is 20.8. The van der Waals surface area contributed by atoms with E-state index >= 15 is 0 Å². The van der Waals surface area contributed by atoms with Crippen LogP contribution in [0, 0.1) is 23.3 Å². The van der Waals surface area contributed by atoms with Gasteiger partial charge in [0.2, 0.25) is 5.82 Å². The van der Waals surface area contributed by atoms with Gasteiger partial charge in [-0.25, -0.2) is 13.2 Å². The van der Waals surface area contributed by atoms with Crippen LogP contribution in [0.3, 0.4) is 0 Å². The van der Waals surface area contributed by atoms with Crippen LogP contribution in [0.25, 0.3) is 33.1 Å². The molecule has 3 N–H and O–H groups in total. The van der Waals surface area contributed by atoms with E-state index in [0.29, 0.717) is 57.4 Å². The van der Waals surface area contributed by atoms with E-state index in [9.17, 15) is 71.5 Å². The molecule has 0 aliphatic carbocycles. The van der Waals surface area contributed by atoms with Crippen molar-refractivity contribution in [3.8, 4) is 34.5 Å². The summed E-state index contributed by atoms with van der Waals surface area (Å²) in [7, 11) is 0. The normalized spacial score (nSPS) is 11.4. The number of hydrogen-bond donors (Lipinski definition) is 3. The van der Waals surface area contributed by atoms with E-state index in [1.165, 1.54) is 79.6 Å². The molecule has 32 heteroatoms. The minimum Gasteiger partial charge on any atom is -0.454 e. The van der Waals surface area contributed by atoms with Gasteiger partial charge in [0, 0.05) is 89.9 Å². The van der Waals surface area contributed by atoms with Crippen molar-refractivity contribution in [1.82, 2.24) is 29.9 Å². The molecule has 0 unspecified atom stereocenters. The second-order valence-electron chi connectivity index (χ2n) is 20.0. The third kappa shape index (κ3) is 16.8. The van der Waals surface area contributed by atoms with Crippen LogP contribution in [0.2, 0.25) is 20.1 Å². The first-order valence-electron chi connectivity index (χ1n) is 27.4. The first-order valence-corrected chi connectivity index (χ1v) is 28.9. The van der Waals surface area contributed by atoms with Crippen molar-refractivity contribution < 1.29 is 85.7 Å². The van der Waals surface area contributed by atoms with Crippen molar-refractivity contribution in [3.05, 3.63) is 266 Å². The predicted molar refractivity (Wildman–Crippen MR) is 336 cm³/mol. The molecule has 0 saturated heterocycles. The molecule has 15 nitrogen and oxygen atoms in total. The van der Waals surface area contributed by atoms with Crippen LogP contribution in [0.15, 0.2) is 189 Å². The molecule has 0 spiro atoms. The summed E-state index contributed by atoms with van der Waals surface area (Å²) in [4.78, 5) is 62.1. The van der Waals surface area contributed by atoms with Crippen LogP contribution in [0.5, 0.6) is 34.5 Å². The number of nitrogens with one attached hydrogen (secondary N) is 3. The third-order valence-corrected chi connectivity index (χ3v) is 14.8. The number of nitrogens with zero attached hydrogens (tertiary/aromatic N) is 6. The largest absolute Gasteiger partial charge is 0.454 e. The lowest BCUT2D eigenvalue weighted by molar-refractivity contribution is -0.138. The van der Waals surface area contributed by atoms with Gasteiger partial charge in [-0.2, -0.15) is 43.9 Å². The first kappa shape index (κ1) is 69.9. The number of halogens is 17. The summed E-state index contributed by atoms with van der Waals surface area (Å²) in [5.41, 5.74) is -1.41. The molecule has 0 aliphatic heterocycles. The van der Waals surface area contributed by atoms with Crippen LogP contribution < -0.4 is 30.2 Å². The second-order valence-corrected chi connectivity index (χ2v) is 21.6. The molecule has 498 valence electrons. The molecule has 0 saturated carbocycles. The number of rotatable bonds is 12. The lowest BCUT2D eigenvalue weighted by Crippen LogP contribution is -2.15. The van der Waals surface area contributed by atoms with Gasteiger partial charge in [-0.15, -0.1) is 0 Å². The Morgan fingerprint density at radius 1 is 0.367 bits per heavy atom. The molecule has 0 aliphatic rings. The zero-order valence-electron chi connectivity index (χ0n) is 48.5. The highest BCUT2D eigenvalue weighted by Crippen LogP contribution is 2.42. The SMILES string of the molecule is O=C(Nc1cc(F)c(F)c(Oc2ccc3nccnc3c2)c1)c1ccc(Cl)c(C(F)(F)F)c1.O=C(Nc1ccc(F)c(Oc2ccc3nccnc3c2)c1Cl)c1ccc(Cl)c(C(F)(F)F)c1.O=C(Nc1ccc(F)c(Oc2ccc3nccnc3c2)c1Cl)c1cccc(C(F)(F)F)c1. The molecule has 12 aromatic rings. The van der Waals surface area contributed by atoms with E-state index < -0.39 is 92.0 Å². The summed E-state index contributed by atoms with van der Waals surface area (Å²) in [6, 6.07) is 29.0. The van der Waals surface area contributed by atoms with E-state index in [1.54, 1.807) is 24.3 Å². The highest BCUT2D eigenvalue weighted by Gasteiger charge is 2.36. The number of fused-ring (bicyclic) bond motifs is 3. The first-order chi connectivity index (χ1) is 46.5. The van der Waals surface area contributed by atoms with E-state index in [0.717, 1.165) is 60.7 Å². The smallest absolute Gasteiger partial charge is 0.417 e. The summed E-state index contributed by atoms with van der Waals surface area (Å²) in [5.74, 6) is -7.77. The van der Waals surface area contributed by atoms with Gasteiger partial charge in [-0.3, -0.25) is 44.3 Å². The quantitative estimate of drug-likeness (QED) is 0.0982. The predicted octanol–water partition coefficient (Wildman–Crippen LogP) is 20.2. The maximum atomic E-state index is 14.4. The summed E-state index contributed by atoms with van der Waals surface area (Å²) >= 11 is 23.6. The average molecular weight is 1440 g/mol. The fourth-order valence-corrected chi connectivity index (χ4v) is 9.66. The summed E-state index contributed by atoms with van der Waals surface area (Å²) in [5, 5.41) is 5.29. The maximum absolute atomic E-state index is 14.4. The van der Waals surface area contributed by atoms with Gasteiger partial charge in [0.05, 0.1) is 71.2 Å². The molecule has 3 aromatic heterocycles. The maximum Gasteiger partial charge on any atom is 0.417 e. The van der Waals surface area contributed by atoms with E-state index in [4.69, 9.17) is 60.6 Å². The van der Waals surface area contributed by atoms with E-state index in [1.807, 2.05) is 0 Å². The van der Waals surface area contributed by atoms with Crippen molar-refractivity contribution in [3.63, 3.8) is 0 Å². The van der Waals surface area contributed by atoms with Gasteiger partial charge >= 0.3 is 18.5 Å². The fourth-order valence-electron chi connectivity index (χ4n) is 8.73. The van der Waals surface area contributed by atoms with Gasteiger partial charge in [-0.05, 0) is 115 Å². The summed E-state index contributed by atoms with van der Waals surface area (Å²) < 4.78 is 191. The molecule has 9 aromatic carbocycles.